The van der Waals surface area contributed by atoms with Crippen molar-refractivity contribution in [2.45, 2.75) is 6.04 Å². The number of hydrogen-bond donors (Lipinski definition) is 1. The fourth-order valence-electron chi connectivity index (χ4n) is 8.78. The first-order valence-corrected chi connectivity index (χ1v) is 22.0. The number of rotatable bonds is 7. The third kappa shape index (κ3) is 6.83. The third-order valence-corrected chi connectivity index (χ3v) is 13.1. The summed E-state index contributed by atoms with van der Waals surface area (Å²) in [6.45, 7) is 0. The SMILES string of the molecule is C1=CC(c2ccccc2)Nc2c1ccc1ccc(-c3cc(-c4ccc(-c5nc(-c6ccccc6)nc(-c6ccccc6)n5)cc4)cc(-c4cccc5sc6ccccc6c45)c3)nc21. The third-order valence-electron chi connectivity index (χ3n) is 11.9. The van der Waals surface area contributed by atoms with Crippen LogP contribution in [0.5, 0.6) is 0 Å². The Bertz CT molecular complexity index is 3470. The van der Waals surface area contributed by atoms with Crippen molar-refractivity contribution in [1.82, 2.24) is 19.9 Å². The molecular weight excluding hydrogens is 787 g/mol. The van der Waals surface area contributed by atoms with E-state index >= 15 is 0 Å². The van der Waals surface area contributed by atoms with E-state index in [0.29, 0.717) is 17.5 Å². The van der Waals surface area contributed by atoms with Gasteiger partial charge in [0, 0.05) is 47.8 Å². The molecule has 0 amide bonds. The van der Waals surface area contributed by atoms with Crippen molar-refractivity contribution in [1.29, 1.82) is 0 Å². The molecule has 4 heterocycles. The summed E-state index contributed by atoms with van der Waals surface area (Å²) < 4.78 is 2.56. The van der Waals surface area contributed by atoms with E-state index in [1.807, 2.05) is 72.0 Å². The standard InChI is InChI=1S/C57H37N5S/c1-4-13-37(14-5-1)48-31-29-38-25-26-39-30-32-49(59-54(39)53(38)58-48)45-34-43(33-44(35-45)46-20-12-22-51-52(46)47-19-10-11-21-50(47)63-51)36-23-27-42(28-24-36)57-61-55(40-15-6-2-7-16-40)60-56(62-57)41-17-8-3-9-18-41/h1-35,48,58H. The lowest BCUT2D eigenvalue weighted by Gasteiger charge is -2.24. The van der Waals surface area contributed by atoms with Crippen LogP contribution in [0.15, 0.2) is 206 Å². The Kier molecular flexibility index (Phi) is 9.01. The molecule has 0 bridgehead atoms. The number of aromatic nitrogens is 4. The molecular formula is C57H37N5S. The van der Waals surface area contributed by atoms with Gasteiger partial charge in [0.25, 0.3) is 0 Å². The average molecular weight is 824 g/mol. The van der Waals surface area contributed by atoms with Crippen LogP contribution in [-0.4, -0.2) is 19.9 Å². The van der Waals surface area contributed by atoms with Crippen LogP contribution < -0.4 is 5.32 Å². The largest absolute Gasteiger partial charge is 0.372 e. The Morgan fingerprint density at radius 1 is 0.429 bits per heavy atom. The predicted molar refractivity (Wildman–Crippen MR) is 262 cm³/mol. The molecule has 0 radical (unpaired) electrons. The van der Waals surface area contributed by atoms with Crippen molar-refractivity contribution in [3.05, 3.63) is 217 Å². The van der Waals surface area contributed by atoms with Gasteiger partial charge in [-0.2, -0.15) is 0 Å². The lowest BCUT2D eigenvalue weighted by atomic mass is 9.92. The van der Waals surface area contributed by atoms with Gasteiger partial charge in [-0.15, -0.1) is 11.3 Å². The summed E-state index contributed by atoms with van der Waals surface area (Å²) in [5.74, 6) is 1.91. The normalized spacial score (nSPS) is 13.3. The van der Waals surface area contributed by atoms with Crippen LogP contribution in [0.3, 0.4) is 0 Å². The maximum Gasteiger partial charge on any atom is 0.164 e. The molecule has 1 N–H and O–H groups in total. The van der Waals surface area contributed by atoms with Crippen LogP contribution in [0.2, 0.25) is 0 Å². The minimum atomic E-state index is 0.0565. The number of nitrogens with one attached hydrogen (secondary N) is 1. The second-order valence-corrected chi connectivity index (χ2v) is 17.0. The minimum absolute atomic E-state index is 0.0565. The molecule has 1 unspecified atom stereocenters. The molecule has 0 aliphatic carbocycles. The predicted octanol–water partition coefficient (Wildman–Crippen LogP) is 15.0. The van der Waals surface area contributed by atoms with Crippen molar-refractivity contribution in [2.24, 2.45) is 0 Å². The summed E-state index contributed by atoms with van der Waals surface area (Å²) in [6, 6.07) is 70.4. The number of benzene rings is 8. The van der Waals surface area contributed by atoms with E-state index in [-0.39, 0.29) is 6.04 Å². The smallest absolute Gasteiger partial charge is 0.164 e. The molecule has 1 atom stereocenters. The Hall–Kier alpha value is -8.06. The first-order chi connectivity index (χ1) is 31.2. The molecule has 0 saturated heterocycles. The highest BCUT2D eigenvalue weighted by Gasteiger charge is 2.20. The van der Waals surface area contributed by atoms with Gasteiger partial charge in [-0.1, -0.05) is 176 Å². The summed E-state index contributed by atoms with van der Waals surface area (Å²) >= 11 is 1.84. The monoisotopic (exact) mass is 823 g/mol. The molecule has 3 aromatic heterocycles. The number of hydrogen-bond acceptors (Lipinski definition) is 6. The van der Waals surface area contributed by atoms with Crippen molar-refractivity contribution >= 4 is 54.2 Å². The quantitative estimate of drug-likeness (QED) is 0.173. The van der Waals surface area contributed by atoms with Gasteiger partial charge in [0.1, 0.15) is 0 Å². The molecule has 63 heavy (non-hydrogen) atoms. The molecule has 8 aromatic carbocycles. The molecule has 12 rings (SSSR count). The molecule has 0 saturated carbocycles. The summed E-state index contributed by atoms with van der Waals surface area (Å²) in [7, 11) is 0. The van der Waals surface area contributed by atoms with Crippen molar-refractivity contribution in [3.8, 4) is 67.7 Å². The zero-order chi connectivity index (χ0) is 41.7. The van der Waals surface area contributed by atoms with Crippen molar-refractivity contribution in [2.75, 3.05) is 5.32 Å². The molecule has 11 aromatic rings. The van der Waals surface area contributed by atoms with E-state index in [1.54, 1.807) is 0 Å². The molecule has 1 aliphatic rings. The number of thiophene rings is 1. The fourth-order valence-corrected chi connectivity index (χ4v) is 9.91. The highest BCUT2D eigenvalue weighted by molar-refractivity contribution is 7.25. The van der Waals surface area contributed by atoms with Gasteiger partial charge in [0.15, 0.2) is 17.5 Å². The maximum absolute atomic E-state index is 5.46. The summed E-state index contributed by atoms with van der Waals surface area (Å²) in [4.78, 5) is 20.4. The van der Waals surface area contributed by atoms with E-state index in [2.05, 4.69) is 157 Å². The highest BCUT2D eigenvalue weighted by atomic mass is 32.1. The fraction of sp³-hybridized carbons (Fsp3) is 0.0175. The molecule has 6 heteroatoms. The number of pyridine rings is 1. The van der Waals surface area contributed by atoms with Gasteiger partial charge >= 0.3 is 0 Å². The van der Waals surface area contributed by atoms with Gasteiger partial charge < -0.3 is 5.32 Å². The molecule has 5 nitrogen and oxygen atoms in total. The first kappa shape index (κ1) is 36.8. The molecule has 296 valence electrons. The van der Waals surface area contributed by atoms with E-state index < -0.39 is 0 Å². The highest BCUT2D eigenvalue weighted by Crippen LogP contribution is 2.43. The van der Waals surface area contributed by atoms with Gasteiger partial charge in [-0.05, 0) is 69.8 Å². The van der Waals surface area contributed by atoms with Gasteiger partial charge in [0.2, 0.25) is 0 Å². The number of fused-ring (bicyclic) bond motifs is 6. The van der Waals surface area contributed by atoms with Crippen LogP contribution in [0.1, 0.15) is 17.2 Å². The number of anilines is 1. The van der Waals surface area contributed by atoms with E-state index in [1.165, 1.54) is 31.3 Å². The number of nitrogens with zero attached hydrogens (tertiary/aromatic N) is 4. The van der Waals surface area contributed by atoms with Crippen molar-refractivity contribution < 1.29 is 0 Å². The second-order valence-electron chi connectivity index (χ2n) is 15.9. The molecule has 1 aliphatic heterocycles. The minimum Gasteiger partial charge on any atom is -0.372 e. The zero-order valence-corrected chi connectivity index (χ0v) is 34.8. The lowest BCUT2D eigenvalue weighted by Crippen LogP contribution is -2.12. The maximum atomic E-state index is 5.46. The lowest BCUT2D eigenvalue weighted by molar-refractivity contribution is 0.981. The summed E-state index contributed by atoms with van der Waals surface area (Å²) in [6.07, 6.45) is 4.45. The molecule has 0 fully saturated rings. The molecule has 0 spiro atoms. The van der Waals surface area contributed by atoms with Crippen LogP contribution in [0, 0.1) is 0 Å². The first-order valence-electron chi connectivity index (χ1n) is 21.2. The van der Waals surface area contributed by atoms with Crippen LogP contribution in [0.4, 0.5) is 5.69 Å². The Morgan fingerprint density at radius 2 is 1.02 bits per heavy atom. The van der Waals surface area contributed by atoms with Crippen molar-refractivity contribution in [3.63, 3.8) is 0 Å². The Morgan fingerprint density at radius 3 is 1.75 bits per heavy atom. The van der Waals surface area contributed by atoms with E-state index in [9.17, 15) is 0 Å². The average Bonchev–Trinajstić information content (AvgIpc) is 3.76. The van der Waals surface area contributed by atoms with Crippen LogP contribution in [0.25, 0.3) is 105 Å². The van der Waals surface area contributed by atoms with Gasteiger partial charge in [0.05, 0.1) is 22.9 Å². The van der Waals surface area contributed by atoms with Gasteiger partial charge in [-0.25, -0.2) is 19.9 Å². The van der Waals surface area contributed by atoms with Crippen LogP contribution >= 0.6 is 11.3 Å². The van der Waals surface area contributed by atoms with E-state index in [4.69, 9.17) is 19.9 Å². The zero-order valence-electron chi connectivity index (χ0n) is 34.0. The van der Waals surface area contributed by atoms with Gasteiger partial charge in [-0.3, -0.25) is 0 Å². The Labute approximate surface area is 368 Å². The second kappa shape index (κ2) is 15.4. The summed E-state index contributed by atoms with van der Waals surface area (Å²) in [5.41, 5.74) is 13.6. The topological polar surface area (TPSA) is 63.6 Å². The summed E-state index contributed by atoms with van der Waals surface area (Å²) in [5, 5.41) is 7.47. The van der Waals surface area contributed by atoms with Crippen LogP contribution in [-0.2, 0) is 0 Å². The Balaban J connectivity index is 0.997. The van der Waals surface area contributed by atoms with E-state index in [0.717, 1.165) is 66.8 Å².